The number of nitrogens with two attached hydrogens (primary N) is 1. The molecular weight excluding hydrogens is 278 g/mol. The lowest BCUT2D eigenvalue weighted by molar-refractivity contribution is 0.0223. The molecule has 21 heavy (non-hydrogen) atoms. The minimum atomic E-state index is -0.232. The van der Waals surface area contributed by atoms with Crippen LogP contribution in [0.25, 0.3) is 0 Å². The zero-order chi connectivity index (χ0) is 15.3. The van der Waals surface area contributed by atoms with E-state index in [1.165, 1.54) is 16.9 Å². The number of ether oxygens (including phenoxy) is 4. The van der Waals surface area contributed by atoms with E-state index in [0.29, 0.717) is 58.5 Å². The van der Waals surface area contributed by atoms with Crippen molar-refractivity contribution in [2.45, 2.75) is 6.54 Å². The SMILES string of the molecule is COCCOCCOCCn1ncc(OCCN)cc1=O. The van der Waals surface area contributed by atoms with E-state index in [4.69, 9.17) is 24.7 Å². The molecule has 1 heterocycles. The van der Waals surface area contributed by atoms with Crippen LogP contribution in [0.3, 0.4) is 0 Å². The molecule has 0 saturated carbocycles. The molecule has 0 saturated heterocycles. The van der Waals surface area contributed by atoms with Crippen LogP contribution in [0.4, 0.5) is 0 Å². The molecule has 1 aromatic rings. The summed E-state index contributed by atoms with van der Waals surface area (Å²) < 4.78 is 22.0. The standard InChI is InChI=1S/C13H23N3O5/c1-18-6-7-20-9-8-19-5-3-16-13(17)10-12(11-15-16)21-4-2-14/h10-11H,2-9,14H2,1H3. The molecule has 0 aliphatic rings. The van der Waals surface area contributed by atoms with Gasteiger partial charge in [-0.3, -0.25) is 4.79 Å². The van der Waals surface area contributed by atoms with Crippen LogP contribution in [0, 0.1) is 0 Å². The molecular formula is C13H23N3O5. The summed E-state index contributed by atoms with van der Waals surface area (Å²) in [5, 5.41) is 4.00. The van der Waals surface area contributed by atoms with Gasteiger partial charge < -0.3 is 24.7 Å². The predicted molar refractivity (Wildman–Crippen MR) is 76.6 cm³/mol. The number of hydrogen-bond acceptors (Lipinski definition) is 7. The van der Waals surface area contributed by atoms with Crippen molar-refractivity contribution in [3.05, 3.63) is 22.6 Å². The zero-order valence-electron chi connectivity index (χ0n) is 12.3. The normalized spacial score (nSPS) is 10.8. The fourth-order valence-corrected chi connectivity index (χ4v) is 1.46. The molecule has 120 valence electrons. The van der Waals surface area contributed by atoms with Gasteiger partial charge in [0.05, 0.1) is 45.8 Å². The van der Waals surface area contributed by atoms with Crippen molar-refractivity contribution in [1.29, 1.82) is 0 Å². The van der Waals surface area contributed by atoms with E-state index < -0.39 is 0 Å². The molecule has 0 spiro atoms. The molecule has 0 bridgehead atoms. The van der Waals surface area contributed by atoms with Gasteiger partial charge in [0.25, 0.3) is 5.56 Å². The van der Waals surface area contributed by atoms with Crippen molar-refractivity contribution in [2.75, 3.05) is 53.3 Å². The molecule has 0 aromatic carbocycles. The van der Waals surface area contributed by atoms with Gasteiger partial charge in [-0.15, -0.1) is 0 Å². The summed E-state index contributed by atoms with van der Waals surface area (Å²) in [5.74, 6) is 0.425. The Morgan fingerprint density at radius 3 is 2.52 bits per heavy atom. The Kier molecular flexibility index (Phi) is 9.38. The maximum atomic E-state index is 11.7. The zero-order valence-corrected chi connectivity index (χ0v) is 12.3. The summed E-state index contributed by atoms with van der Waals surface area (Å²) in [6.07, 6.45) is 1.49. The Balaban J connectivity index is 2.18. The Bertz CT molecular complexity index is 438. The summed E-state index contributed by atoms with van der Waals surface area (Å²) in [6, 6.07) is 1.39. The Hall–Kier alpha value is -1.48. The average Bonchev–Trinajstić information content (AvgIpc) is 2.49. The van der Waals surface area contributed by atoms with Gasteiger partial charge in [0.2, 0.25) is 0 Å². The first kappa shape index (κ1) is 17.6. The first-order chi connectivity index (χ1) is 10.3. The monoisotopic (exact) mass is 301 g/mol. The highest BCUT2D eigenvalue weighted by molar-refractivity contribution is 5.13. The van der Waals surface area contributed by atoms with E-state index in [-0.39, 0.29) is 5.56 Å². The van der Waals surface area contributed by atoms with Gasteiger partial charge >= 0.3 is 0 Å². The van der Waals surface area contributed by atoms with Crippen LogP contribution in [0.15, 0.2) is 17.1 Å². The molecule has 1 aromatic heterocycles. The topological polar surface area (TPSA) is 97.8 Å². The van der Waals surface area contributed by atoms with Crippen LogP contribution in [0.1, 0.15) is 0 Å². The van der Waals surface area contributed by atoms with Crippen LogP contribution >= 0.6 is 0 Å². The Morgan fingerprint density at radius 2 is 1.86 bits per heavy atom. The lowest BCUT2D eigenvalue weighted by atomic mass is 10.5. The summed E-state index contributed by atoms with van der Waals surface area (Å²) in [4.78, 5) is 11.7. The highest BCUT2D eigenvalue weighted by atomic mass is 16.5. The molecule has 8 heteroatoms. The van der Waals surface area contributed by atoms with E-state index in [9.17, 15) is 4.79 Å². The maximum absolute atomic E-state index is 11.7. The molecule has 8 nitrogen and oxygen atoms in total. The summed E-state index contributed by atoms with van der Waals surface area (Å²) in [6.45, 7) is 3.61. The van der Waals surface area contributed by atoms with Crippen LogP contribution in [0.5, 0.6) is 5.75 Å². The minimum absolute atomic E-state index is 0.232. The average molecular weight is 301 g/mol. The van der Waals surface area contributed by atoms with Gasteiger partial charge in [0.1, 0.15) is 12.4 Å². The quantitative estimate of drug-likeness (QED) is 0.508. The third kappa shape index (κ3) is 7.76. The first-order valence-electron chi connectivity index (χ1n) is 6.82. The molecule has 0 amide bonds. The van der Waals surface area contributed by atoms with E-state index in [2.05, 4.69) is 5.10 Å². The molecule has 2 N–H and O–H groups in total. The molecule has 0 unspecified atom stereocenters. The smallest absolute Gasteiger partial charge is 0.270 e. The number of methoxy groups -OCH3 is 1. The highest BCUT2D eigenvalue weighted by Gasteiger charge is 2.01. The number of nitrogens with zero attached hydrogens (tertiary/aromatic N) is 2. The van der Waals surface area contributed by atoms with Gasteiger partial charge in [-0.05, 0) is 0 Å². The largest absolute Gasteiger partial charge is 0.490 e. The maximum Gasteiger partial charge on any atom is 0.270 e. The second kappa shape index (κ2) is 11.2. The number of rotatable bonds is 12. The third-order valence-electron chi connectivity index (χ3n) is 2.48. The van der Waals surface area contributed by atoms with E-state index >= 15 is 0 Å². The van der Waals surface area contributed by atoms with Crippen LogP contribution in [-0.4, -0.2) is 63.1 Å². The second-order valence-electron chi connectivity index (χ2n) is 4.11. The lowest BCUT2D eigenvalue weighted by Crippen LogP contribution is -2.25. The minimum Gasteiger partial charge on any atom is -0.490 e. The van der Waals surface area contributed by atoms with Crippen molar-refractivity contribution in [3.63, 3.8) is 0 Å². The van der Waals surface area contributed by atoms with Gasteiger partial charge in [-0.1, -0.05) is 0 Å². The number of hydrogen-bond donors (Lipinski definition) is 1. The fraction of sp³-hybridized carbons (Fsp3) is 0.692. The van der Waals surface area contributed by atoms with Crippen LogP contribution < -0.4 is 16.0 Å². The van der Waals surface area contributed by atoms with Gasteiger partial charge in [-0.25, -0.2) is 4.68 Å². The Morgan fingerprint density at radius 1 is 1.14 bits per heavy atom. The van der Waals surface area contributed by atoms with Gasteiger partial charge in [0.15, 0.2) is 0 Å². The Labute approximate surface area is 123 Å². The fourth-order valence-electron chi connectivity index (χ4n) is 1.46. The first-order valence-corrected chi connectivity index (χ1v) is 6.82. The summed E-state index contributed by atoms with van der Waals surface area (Å²) >= 11 is 0. The van der Waals surface area contributed by atoms with Crippen LogP contribution in [0.2, 0.25) is 0 Å². The molecule has 1 rings (SSSR count). The lowest BCUT2D eigenvalue weighted by Gasteiger charge is -2.08. The highest BCUT2D eigenvalue weighted by Crippen LogP contribution is 2.02. The van der Waals surface area contributed by atoms with Crippen LogP contribution in [-0.2, 0) is 20.8 Å². The molecule has 0 atom stereocenters. The molecule has 0 aliphatic heterocycles. The second-order valence-corrected chi connectivity index (χ2v) is 4.11. The predicted octanol–water partition coefficient (Wildman–Crippen LogP) is -0.740. The van der Waals surface area contributed by atoms with Crippen molar-refractivity contribution in [3.8, 4) is 5.75 Å². The van der Waals surface area contributed by atoms with Crippen molar-refractivity contribution < 1.29 is 18.9 Å². The summed E-state index contributed by atoms with van der Waals surface area (Å²) in [7, 11) is 1.62. The molecule has 0 fully saturated rings. The van der Waals surface area contributed by atoms with Gasteiger partial charge in [-0.2, -0.15) is 5.10 Å². The van der Waals surface area contributed by atoms with Crippen molar-refractivity contribution >= 4 is 0 Å². The summed E-state index contributed by atoms with van der Waals surface area (Å²) in [5.41, 5.74) is 5.08. The van der Waals surface area contributed by atoms with E-state index in [1.807, 2.05) is 0 Å². The third-order valence-corrected chi connectivity index (χ3v) is 2.48. The number of aromatic nitrogens is 2. The molecule has 0 radical (unpaired) electrons. The van der Waals surface area contributed by atoms with Crippen molar-refractivity contribution in [2.24, 2.45) is 5.73 Å². The van der Waals surface area contributed by atoms with Crippen molar-refractivity contribution in [1.82, 2.24) is 9.78 Å². The van der Waals surface area contributed by atoms with E-state index in [1.54, 1.807) is 7.11 Å². The molecule has 0 aliphatic carbocycles. The van der Waals surface area contributed by atoms with E-state index in [0.717, 1.165) is 0 Å². The van der Waals surface area contributed by atoms with Gasteiger partial charge in [0, 0.05) is 19.7 Å².